The van der Waals surface area contributed by atoms with Gasteiger partial charge in [0, 0.05) is 6.42 Å². The molecule has 0 spiro atoms. The molecule has 0 radical (unpaired) electrons. The molecule has 0 amide bonds. The maximum Gasteiger partial charge on any atom is 0.122 e. The summed E-state index contributed by atoms with van der Waals surface area (Å²) >= 11 is 0. The fourth-order valence-corrected chi connectivity index (χ4v) is 0.631. The maximum absolute atomic E-state index is 4.75. The molecular weight excluding hydrogens is 102 g/mol. The lowest BCUT2D eigenvalue weighted by Gasteiger charge is -1.77. The third-order valence-corrected chi connectivity index (χ3v) is 0.990. The summed E-state index contributed by atoms with van der Waals surface area (Å²) in [6.45, 7) is 2.72. The summed E-state index contributed by atoms with van der Waals surface area (Å²) in [6.07, 6.45) is 4.89. The molecule has 0 atom stereocenters. The first-order valence-electron chi connectivity index (χ1n) is 2.75. The van der Waals surface area contributed by atoms with Gasteiger partial charge in [0.25, 0.3) is 0 Å². The third kappa shape index (κ3) is 1.09. The quantitative estimate of drug-likeness (QED) is 0.500. The summed E-state index contributed by atoms with van der Waals surface area (Å²) in [5, 5.41) is 3.76. The number of hydrogen-bond donors (Lipinski definition) is 0. The van der Waals surface area contributed by atoms with Crippen molar-refractivity contribution in [1.29, 1.82) is 0 Å². The second-order valence-corrected chi connectivity index (χ2v) is 1.67. The Morgan fingerprint density at radius 3 is 3.12 bits per heavy atom. The molecular formula is C6H9NO. The minimum atomic E-state index is 0.750. The highest BCUT2D eigenvalue weighted by Crippen LogP contribution is 1.99. The van der Waals surface area contributed by atoms with Crippen LogP contribution < -0.4 is 0 Å². The highest BCUT2D eigenvalue weighted by Gasteiger charge is 2.01. The van der Waals surface area contributed by atoms with E-state index in [1.807, 2.05) is 19.1 Å². The van der Waals surface area contributed by atoms with Crippen LogP contribution in [0.3, 0.4) is 0 Å². The second kappa shape index (κ2) is 2.50. The van der Waals surface area contributed by atoms with Crippen molar-refractivity contribution in [2.24, 2.45) is 5.16 Å². The van der Waals surface area contributed by atoms with Gasteiger partial charge in [0.1, 0.15) is 6.61 Å². The van der Waals surface area contributed by atoms with Crippen LogP contribution in [0.5, 0.6) is 0 Å². The molecule has 0 N–H and O–H groups in total. The van der Waals surface area contributed by atoms with Gasteiger partial charge in [0.15, 0.2) is 0 Å². The van der Waals surface area contributed by atoms with Crippen LogP contribution in [-0.4, -0.2) is 12.3 Å². The molecule has 2 nitrogen and oxygen atoms in total. The summed E-state index contributed by atoms with van der Waals surface area (Å²) in [6, 6.07) is 0. The number of rotatable bonds is 1. The Hall–Kier alpha value is -0.790. The molecule has 0 saturated heterocycles. The van der Waals surface area contributed by atoms with Crippen LogP contribution in [0.2, 0.25) is 0 Å². The summed E-state index contributed by atoms with van der Waals surface area (Å²) < 4.78 is 0. The van der Waals surface area contributed by atoms with Gasteiger partial charge < -0.3 is 4.84 Å². The summed E-state index contributed by atoms with van der Waals surface area (Å²) in [7, 11) is 0. The predicted octanol–water partition coefficient (Wildman–Crippen LogP) is 1.34. The van der Waals surface area contributed by atoms with Crippen molar-refractivity contribution in [1.82, 2.24) is 0 Å². The van der Waals surface area contributed by atoms with Gasteiger partial charge in [-0.25, -0.2) is 0 Å². The molecule has 2 heteroatoms. The Labute approximate surface area is 48.8 Å². The Morgan fingerprint density at radius 2 is 2.62 bits per heavy atom. The van der Waals surface area contributed by atoms with Crippen LogP contribution in [-0.2, 0) is 4.84 Å². The summed E-state index contributed by atoms with van der Waals surface area (Å²) in [5.41, 5.74) is 1.05. The topological polar surface area (TPSA) is 21.6 Å². The Bertz CT molecular complexity index is 126. The molecule has 1 aliphatic heterocycles. The molecule has 0 saturated carbocycles. The van der Waals surface area contributed by atoms with Crippen molar-refractivity contribution < 1.29 is 4.84 Å². The van der Waals surface area contributed by atoms with E-state index in [9.17, 15) is 0 Å². The monoisotopic (exact) mass is 111 g/mol. The van der Waals surface area contributed by atoms with Gasteiger partial charge in [-0.1, -0.05) is 11.2 Å². The van der Waals surface area contributed by atoms with Gasteiger partial charge in [-0.15, -0.1) is 0 Å². The van der Waals surface area contributed by atoms with E-state index in [-0.39, 0.29) is 0 Å². The summed E-state index contributed by atoms with van der Waals surface area (Å²) in [5.74, 6) is 0. The zero-order chi connectivity index (χ0) is 5.82. The van der Waals surface area contributed by atoms with E-state index in [2.05, 4.69) is 5.16 Å². The van der Waals surface area contributed by atoms with Crippen molar-refractivity contribution >= 4 is 5.71 Å². The molecule has 0 aromatic rings. The van der Waals surface area contributed by atoms with Gasteiger partial charge in [0.05, 0.1) is 5.71 Å². The highest BCUT2D eigenvalue weighted by atomic mass is 16.6. The van der Waals surface area contributed by atoms with Gasteiger partial charge in [-0.3, -0.25) is 0 Å². The van der Waals surface area contributed by atoms with Gasteiger partial charge in [-0.2, -0.15) is 0 Å². The van der Waals surface area contributed by atoms with Crippen molar-refractivity contribution in [2.45, 2.75) is 13.3 Å². The summed E-state index contributed by atoms with van der Waals surface area (Å²) in [4.78, 5) is 4.75. The fraction of sp³-hybridized carbons (Fsp3) is 0.500. The van der Waals surface area contributed by atoms with Crippen LogP contribution in [0.1, 0.15) is 13.3 Å². The van der Waals surface area contributed by atoms with E-state index in [1.165, 1.54) is 0 Å². The lowest BCUT2D eigenvalue weighted by molar-refractivity contribution is 0.174. The van der Waals surface area contributed by atoms with E-state index in [1.54, 1.807) is 0 Å². The first-order chi connectivity index (χ1) is 3.93. The van der Waals surface area contributed by atoms with Gasteiger partial charge >= 0.3 is 0 Å². The van der Waals surface area contributed by atoms with Crippen LogP contribution >= 0.6 is 0 Å². The fourth-order valence-electron chi connectivity index (χ4n) is 0.631. The van der Waals surface area contributed by atoms with E-state index < -0.39 is 0 Å². The first kappa shape index (κ1) is 5.35. The van der Waals surface area contributed by atoms with Crippen molar-refractivity contribution in [3.63, 3.8) is 0 Å². The Morgan fingerprint density at radius 1 is 1.75 bits per heavy atom. The largest absolute Gasteiger partial charge is 0.395 e. The number of allylic oxidation sites excluding steroid dienone is 2. The SMILES string of the molecule is C/C=C\C1=NOCC1. The smallest absolute Gasteiger partial charge is 0.122 e. The molecule has 8 heavy (non-hydrogen) atoms. The molecule has 0 unspecified atom stereocenters. The molecule has 0 aromatic carbocycles. The van der Waals surface area contributed by atoms with Crippen LogP contribution in [0, 0.1) is 0 Å². The predicted molar refractivity (Wildman–Crippen MR) is 32.8 cm³/mol. The van der Waals surface area contributed by atoms with E-state index in [0.717, 1.165) is 18.7 Å². The standard InChI is InChI=1S/C6H9NO/c1-2-3-6-4-5-8-7-6/h2-3H,4-5H2,1H3/b3-2-. The van der Waals surface area contributed by atoms with Crippen molar-refractivity contribution in [2.75, 3.05) is 6.61 Å². The van der Waals surface area contributed by atoms with Crippen LogP contribution in [0.25, 0.3) is 0 Å². The highest BCUT2D eigenvalue weighted by molar-refractivity contribution is 5.95. The Kier molecular flexibility index (Phi) is 1.67. The molecule has 0 fully saturated rings. The van der Waals surface area contributed by atoms with Crippen molar-refractivity contribution in [3.05, 3.63) is 12.2 Å². The lowest BCUT2D eigenvalue weighted by Crippen LogP contribution is -1.85. The number of oxime groups is 1. The van der Waals surface area contributed by atoms with E-state index >= 15 is 0 Å². The maximum atomic E-state index is 4.75. The van der Waals surface area contributed by atoms with Gasteiger partial charge in [-0.05, 0) is 13.0 Å². The zero-order valence-corrected chi connectivity index (χ0v) is 4.92. The normalized spacial score (nSPS) is 18.9. The van der Waals surface area contributed by atoms with Crippen LogP contribution in [0.4, 0.5) is 0 Å². The second-order valence-electron chi connectivity index (χ2n) is 1.67. The van der Waals surface area contributed by atoms with E-state index in [4.69, 9.17) is 4.84 Å². The molecule has 0 bridgehead atoms. The van der Waals surface area contributed by atoms with E-state index in [0.29, 0.717) is 0 Å². The average molecular weight is 111 g/mol. The molecule has 1 rings (SSSR count). The first-order valence-corrected chi connectivity index (χ1v) is 2.75. The van der Waals surface area contributed by atoms with Crippen LogP contribution in [0.15, 0.2) is 17.3 Å². The minimum Gasteiger partial charge on any atom is -0.395 e. The van der Waals surface area contributed by atoms with Crippen molar-refractivity contribution in [3.8, 4) is 0 Å². The lowest BCUT2D eigenvalue weighted by atomic mass is 10.3. The minimum absolute atomic E-state index is 0.750. The number of nitrogens with zero attached hydrogens (tertiary/aromatic N) is 1. The van der Waals surface area contributed by atoms with Gasteiger partial charge in [0.2, 0.25) is 0 Å². The Balaban J connectivity index is 2.45. The molecule has 1 aliphatic rings. The molecule has 0 aliphatic carbocycles. The third-order valence-electron chi connectivity index (χ3n) is 0.990. The molecule has 44 valence electrons. The zero-order valence-electron chi connectivity index (χ0n) is 4.92. The average Bonchev–Trinajstić information content (AvgIpc) is 2.19. The number of hydrogen-bond acceptors (Lipinski definition) is 2. The molecule has 0 aromatic heterocycles. The molecule has 1 heterocycles.